The van der Waals surface area contributed by atoms with Gasteiger partial charge in [0, 0.05) is 29.6 Å². The van der Waals surface area contributed by atoms with Crippen LogP contribution in [0.5, 0.6) is 0 Å². The Kier molecular flexibility index (Phi) is 8.44. The van der Waals surface area contributed by atoms with Crippen LogP contribution in [0.2, 0.25) is 0 Å². The molecule has 1 aromatic carbocycles. The maximum Gasteiger partial charge on any atom is 0.186 e. The lowest BCUT2D eigenvalue weighted by molar-refractivity contribution is 0.0959. The van der Waals surface area contributed by atoms with Gasteiger partial charge in [0.25, 0.3) is 0 Å². The molecule has 0 bridgehead atoms. The van der Waals surface area contributed by atoms with Crippen LogP contribution in [-0.4, -0.2) is 23.4 Å². The van der Waals surface area contributed by atoms with Crippen molar-refractivity contribution in [3.05, 3.63) is 95.4 Å². The van der Waals surface area contributed by atoms with Gasteiger partial charge in [0.1, 0.15) is 0 Å². The van der Waals surface area contributed by atoms with Crippen molar-refractivity contribution < 1.29 is 4.79 Å². The van der Waals surface area contributed by atoms with Crippen LogP contribution in [-0.2, 0) is 6.42 Å². The maximum absolute atomic E-state index is 13.4. The van der Waals surface area contributed by atoms with Gasteiger partial charge >= 0.3 is 0 Å². The lowest BCUT2D eigenvalue weighted by Gasteiger charge is -2.19. The van der Waals surface area contributed by atoms with Crippen molar-refractivity contribution in [1.29, 1.82) is 0 Å². The molecule has 0 spiro atoms. The predicted octanol–water partition coefficient (Wildman–Crippen LogP) is 5.60. The highest BCUT2D eigenvalue weighted by Crippen LogP contribution is 2.21. The Morgan fingerprint density at radius 3 is 2.61 bits per heavy atom. The number of H-pyrrole nitrogens is 1. The van der Waals surface area contributed by atoms with Gasteiger partial charge in [0.2, 0.25) is 0 Å². The van der Waals surface area contributed by atoms with Crippen molar-refractivity contribution in [2.75, 3.05) is 6.54 Å². The highest BCUT2D eigenvalue weighted by Gasteiger charge is 2.24. The van der Waals surface area contributed by atoms with Crippen LogP contribution in [0, 0.1) is 0 Å². The Morgan fingerprint density at radius 2 is 1.96 bits per heavy atom. The first-order valence-electron chi connectivity index (χ1n) is 9.69. The number of hydrogen-bond acceptors (Lipinski definition) is 2. The summed E-state index contributed by atoms with van der Waals surface area (Å²) >= 11 is 0. The van der Waals surface area contributed by atoms with Gasteiger partial charge in [0.15, 0.2) is 5.78 Å². The minimum Gasteiger partial charge on any atom is -0.360 e. The first kappa shape index (κ1) is 21.4. The van der Waals surface area contributed by atoms with E-state index in [1.165, 1.54) is 5.56 Å². The number of ketones is 1. The second-order valence-electron chi connectivity index (χ2n) is 6.66. The molecule has 1 unspecified atom stereocenters. The third-order valence-electron chi connectivity index (χ3n) is 4.63. The fourth-order valence-electron chi connectivity index (χ4n) is 3.14. The zero-order valence-corrected chi connectivity index (χ0v) is 17.0. The van der Waals surface area contributed by atoms with E-state index in [2.05, 4.69) is 29.0 Å². The molecule has 0 aliphatic rings. The summed E-state index contributed by atoms with van der Waals surface area (Å²) in [6, 6.07) is 9.91. The van der Waals surface area contributed by atoms with E-state index >= 15 is 0 Å². The van der Waals surface area contributed by atoms with Crippen molar-refractivity contribution in [1.82, 2.24) is 10.3 Å². The first-order chi connectivity index (χ1) is 13.6. The molecule has 2 rings (SSSR count). The van der Waals surface area contributed by atoms with Gasteiger partial charge in [-0.25, -0.2) is 0 Å². The maximum atomic E-state index is 13.4. The van der Waals surface area contributed by atoms with Crippen LogP contribution in [0.3, 0.4) is 0 Å². The number of rotatable bonds is 10. The summed E-state index contributed by atoms with van der Waals surface area (Å²) in [6.07, 6.45) is 14.2. The summed E-state index contributed by atoms with van der Waals surface area (Å²) in [5.74, 6) is 0.0493. The molecule has 0 aliphatic heterocycles. The summed E-state index contributed by atoms with van der Waals surface area (Å²) < 4.78 is 0. The van der Waals surface area contributed by atoms with E-state index in [4.69, 9.17) is 0 Å². The van der Waals surface area contributed by atoms with Crippen molar-refractivity contribution >= 4 is 17.9 Å². The van der Waals surface area contributed by atoms with Crippen molar-refractivity contribution in [3.8, 4) is 0 Å². The smallest absolute Gasteiger partial charge is 0.186 e. The number of benzene rings is 1. The average molecular weight is 375 g/mol. The van der Waals surface area contributed by atoms with E-state index in [1.807, 2.05) is 69.4 Å². The molecule has 3 nitrogen and oxygen atoms in total. The van der Waals surface area contributed by atoms with Crippen LogP contribution >= 0.6 is 0 Å². The molecule has 2 N–H and O–H groups in total. The van der Waals surface area contributed by atoms with Gasteiger partial charge in [-0.3, -0.25) is 4.79 Å². The Hall–Kier alpha value is -2.91. The van der Waals surface area contributed by atoms with Gasteiger partial charge in [-0.2, -0.15) is 0 Å². The van der Waals surface area contributed by atoms with Crippen LogP contribution in [0.1, 0.15) is 48.0 Å². The number of hydrogen-bond donors (Lipinski definition) is 2. The average Bonchev–Trinajstić information content (AvgIpc) is 3.12. The molecule has 0 amide bonds. The predicted molar refractivity (Wildman–Crippen MR) is 120 cm³/mol. The molecule has 3 heteroatoms. The van der Waals surface area contributed by atoms with Gasteiger partial charge in [-0.15, -0.1) is 0 Å². The number of allylic oxidation sites excluding steroid dienone is 4. The molecule has 0 saturated heterocycles. The van der Waals surface area contributed by atoms with Crippen LogP contribution in [0.25, 0.3) is 12.2 Å². The van der Waals surface area contributed by atoms with Gasteiger partial charge < -0.3 is 10.3 Å². The molecule has 0 fully saturated rings. The Bertz CT molecular complexity index is 869. The number of aromatic nitrogens is 1. The fourth-order valence-corrected chi connectivity index (χ4v) is 3.14. The molecular formula is C25H30N2O. The number of carbonyl (C=O) groups is 1. The quantitative estimate of drug-likeness (QED) is 0.420. The third kappa shape index (κ3) is 5.54. The van der Waals surface area contributed by atoms with E-state index in [0.717, 1.165) is 29.8 Å². The molecule has 0 radical (unpaired) electrons. The van der Waals surface area contributed by atoms with Gasteiger partial charge in [-0.1, -0.05) is 67.3 Å². The Balaban J connectivity index is 2.25. The Labute approximate surface area is 168 Å². The molecule has 1 heterocycles. The van der Waals surface area contributed by atoms with Crippen molar-refractivity contribution in [2.45, 2.75) is 33.2 Å². The summed E-state index contributed by atoms with van der Waals surface area (Å²) in [5, 5.41) is 3.45. The zero-order valence-electron chi connectivity index (χ0n) is 17.0. The molecule has 146 valence electrons. The molecule has 2 aromatic rings. The molecule has 0 saturated carbocycles. The van der Waals surface area contributed by atoms with E-state index in [9.17, 15) is 4.79 Å². The lowest BCUT2D eigenvalue weighted by Crippen LogP contribution is -2.39. The number of aromatic amines is 1. The second-order valence-corrected chi connectivity index (χ2v) is 6.66. The molecular weight excluding hydrogens is 344 g/mol. The highest BCUT2D eigenvalue weighted by molar-refractivity contribution is 6.05. The topological polar surface area (TPSA) is 44.9 Å². The van der Waals surface area contributed by atoms with E-state index in [0.29, 0.717) is 5.56 Å². The largest absolute Gasteiger partial charge is 0.360 e. The number of Topliss-reactive ketones (excluding diaryl/α,β-unsaturated/α-hetero) is 1. The first-order valence-corrected chi connectivity index (χ1v) is 9.69. The fraction of sp³-hybridized carbons (Fsp3) is 0.240. The molecule has 1 atom stereocenters. The van der Waals surface area contributed by atoms with Crippen LogP contribution in [0.15, 0.2) is 73.0 Å². The molecule has 1 aromatic heterocycles. The van der Waals surface area contributed by atoms with E-state index in [1.54, 1.807) is 12.3 Å². The molecule has 28 heavy (non-hydrogen) atoms. The van der Waals surface area contributed by atoms with Gasteiger partial charge in [0.05, 0.1) is 6.04 Å². The Morgan fingerprint density at radius 1 is 1.21 bits per heavy atom. The monoisotopic (exact) mass is 374 g/mol. The lowest BCUT2D eigenvalue weighted by atomic mass is 9.96. The highest BCUT2D eigenvalue weighted by atomic mass is 16.1. The van der Waals surface area contributed by atoms with Crippen LogP contribution in [0.4, 0.5) is 0 Å². The zero-order chi connectivity index (χ0) is 20.4. The SMILES string of the molecule is C=Cc1c(C(=O)C(NCCc2ccccc2)/C(C)=C/C=C\C)c[nH]c1/C=C\C. The summed E-state index contributed by atoms with van der Waals surface area (Å²) in [4.78, 5) is 16.6. The summed E-state index contributed by atoms with van der Waals surface area (Å²) in [5.41, 5.74) is 4.64. The second kappa shape index (κ2) is 11.1. The van der Waals surface area contributed by atoms with E-state index in [-0.39, 0.29) is 11.8 Å². The van der Waals surface area contributed by atoms with E-state index < -0.39 is 0 Å². The minimum atomic E-state index is -0.382. The van der Waals surface area contributed by atoms with Crippen molar-refractivity contribution in [3.63, 3.8) is 0 Å². The number of nitrogens with one attached hydrogen (secondary N) is 2. The normalized spacial score (nSPS) is 13.3. The van der Waals surface area contributed by atoms with Crippen molar-refractivity contribution in [2.24, 2.45) is 0 Å². The number of carbonyl (C=O) groups excluding carboxylic acids is 1. The van der Waals surface area contributed by atoms with Crippen LogP contribution < -0.4 is 5.32 Å². The summed E-state index contributed by atoms with van der Waals surface area (Å²) in [6.45, 7) is 10.5. The summed E-state index contributed by atoms with van der Waals surface area (Å²) in [7, 11) is 0. The standard InChI is InChI=1S/C25H30N2O/c1-5-8-13-19(4)24(26-17-16-20-14-10-9-11-15-20)25(28)22-18-27-23(12-6-2)21(22)7-3/h5-15,18,24,26-27H,3,16-17H2,1-2,4H3/b8-5-,12-6-,19-13+. The van der Waals surface area contributed by atoms with Gasteiger partial charge in [-0.05, 0) is 44.4 Å². The third-order valence-corrected chi connectivity index (χ3v) is 4.63. The molecule has 0 aliphatic carbocycles. The minimum absolute atomic E-state index is 0.0493.